The molecule has 1 unspecified atom stereocenters. The second-order valence-electron chi connectivity index (χ2n) is 8.32. The van der Waals surface area contributed by atoms with Crippen LogP contribution in [0.2, 0.25) is 0 Å². The lowest BCUT2D eigenvalue weighted by Crippen LogP contribution is -2.54. The van der Waals surface area contributed by atoms with Crippen molar-refractivity contribution < 1.29 is 14.4 Å². The second kappa shape index (κ2) is 9.71. The largest absolute Gasteiger partial charge is 0.351 e. The Bertz CT molecular complexity index is 689. The van der Waals surface area contributed by atoms with Crippen LogP contribution in [0.5, 0.6) is 0 Å². The number of benzene rings is 1. The highest BCUT2D eigenvalue weighted by Crippen LogP contribution is 2.14. The van der Waals surface area contributed by atoms with Crippen LogP contribution in [-0.2, 0) is 9.59 Å². The maximum Gasteiger partial charge on any atom is 0.251 e. The lowest BCUT2D eigenvalue weighted by Gasteiger charge is -2.34. The van der Waals surface area contributed by atoms with Crippen molar-refractivity contribution in [1.29, 1.82) is 0 Å². The number of aryl methyl sites for hydroxylation is 1. The fourth-order valence-electron chi connectivity index (χ4n) is 3.36. The molecule has 2 rings (SSSR count). The first kappa shape index (κ1) is 21.9. The van der Waals surface area contributed by atoms with Crippen molar-refractivity contribution in [1.82, 2.24) is 15.5 Å². The molecular formula is C22H33N3O3. The summed E-state index contributed by atoms with van der Waals surface area (Å²) in [5, 5.41) is 5.93. The SMILES string of the molecule is Cc1ccc(C(=O)NC(C(=O)NC2CCN(C(=O)C(C)C)CC2)C(C)C)cc1. The Morgan fingerprint density at radius 2 is 1.57 bits per heavy atom. The summed E-state index contributed by atoms with van der Waals surface area (Å²) in [6, 6.07) is 6.73. The molecule has 1 atom stereocenters. The number of hydrogen-bond donors (Lipinski definition) is 2. The number of nitrogens with zero attached hydrogens (tertiary/aromatic N) is 1. The molecule has 6 heteroatoms. The minimum Gasteiger partial charge on any atom is -0.351 e. The van der Waals surface area contributed by atoms with Crippen molar-refractivity contribution in [3.05, 3.63) is 35.4 Å². The van der Waals surface area contributed by atoms with Gasteiger partial charge in [-0.1, -0.05) is 45.4 Å². The van der Waals surface area contributed by atoms with Crippen LogP contribution in [0, 0.1) is 18.8 Å². The Kier molecular flexibility index (Phi) is 7.61. The van der Waals surface area contributed by atoms with E-state index in [2.05, 4.69) is 10.6 Å². The van der Waals surface area contributed by atoms with Crippen molar-refractivity contribution >= 4 is 17.7 Å². The summed E-state index contributed by atoms with van der Waals surface area (Å²) in [6.07, 6.45) is 1.47. The molecule has 154 valence electrons. The highest BCUT2D eigenvalue weighted by molar-refractivity contribution is 5.97. The Labute approximate surface area is 168 Å². The van der Waals surface area contributed by atoms with Crippen LogP contribution >= 0.6 is 0 Å². The number of rotatable bonds is 6. The van der Waals surface area contributed by atoms with E-state index in [0.29, 0.717) is 18.7 Å². The summed E-state index contributed by atoms with van der Waals surface area (Å²) in [5.74, 6) is -0.282. The van der Waals surface area contributed by atoms with Gasteiger partial charge in [0.15, 0.2) is 0 Å². The van der Waals surface area contributed by atoms with E-state index in [0.717, 1.165) is 18.4 Å². The molecule has 1 fully saturated rings. The second-order valence-corrected chi connectivity index (χ2v) is 8.32. The molecule has 0 spiro atoms. The number of carbonyl (C=O) groups is 3. The van der Waals surface area contributed by atoms with Gasteiger partial charge in [0.05, 0.1) is 0 Å². The fourth-order valence-corrected chi connectivity index (χ4v) is 3.36. The van der Waals surface area contributed by atoms with E-state index in [9.17, 15) is 14.4 Å². The molecule has 28 heavy (non-hydrogen) atoms. The normalized spacial score (nSPS) is 16.2. The Morgan fingerprint density at radius 1 is 1.00 bits per heavy atom. The van der Waals surface area contributed by atoms with Gasteiger partial charge in [-0.3, -0.25) is 14.4 Å². The number of nitrogens with one attached hydrogen (secondary N) is 2. The Balaban J connectivity index is 1.92. The van der Waals surface area contributed by atoms with E-state index < -0.39 is 6.04 Å². The summed E-state index contributed by atoms with van der Waals surface area (Å²) in [5.41, 5.74) is 1.63. The smallest absolute Gasteiger partial charge is 0.251 e. The number of piperidine rings is 1. The van der Waals surface area contributed by atoms with E-state index in [1.165, 1.54) is 0 Å². The predicted molar refractivity (Wildman–Crippen MR) is 110 cm³/mol. The highest BCUT2D eigenvalue weighted by atomic mass is 16.2. The molecule has 1 saturated heterocycles. The topological polar surface area (TPSA) is 78.5 Å². The molecule has 2 N–H and O–H groups in total. The van der Waals surface area contributed by atoms with Crippen LogP contribution in [0.1, 0.15) is 56.5 Å². The molecule has 0 bridgehead atoms. The Hall–Kier alpha value is -2.37. The number of amides is 3. The maximum atomic E-state index is 12.8. The Morgan fingerprint density at radius 3 is 2.07 bits per heavy atom. The summed E-state index contributed by atoms with van der Waals surface area (Å²) >= 11 is 0. The van der Waals surface area contributed by atoms with Crippen LogP contribution in [0.25, 0.3) is 0 Å². The van der Waals surface area contributed by atoms with Gasteiger partial charge < -0.3 is 15.5 Å². The molecule has 1 aromatic rings. The minimum absolute atomic E-state index is 0.00607. The van der Waals surface area contributed by atoms with Gasteiger partial charge in [0.25, 0.3) is 5.91 Å². The van der Waals surface area contributed by atoms with Crippen LogP contribution in [-0.4, -0.2) is 47.8 Å². The average molecular weight is 388 g/mol. The third-order valence-corrected chi connectivity index (χ3v) is 5.20. The third-order valence-electron chi connectivity index (χ3n) is 5.20. The summed E-state index contributed by atoms with van der Waals surface area (Å²) in [6.45, 7) is 10.9. The first-order valence-corrected chi connectivity index (χ1v) is 10.2. The van der Waals surface area contributed by atoms with Gasteiger partial charge in [0.2, 0.25) is 11.8 Å². The monoisotopic (exact) mass is 387 g/mol. The first-order chi connectivity index (χ1) is 13.2. The lowest BCUT2D eigenvalue weighted by atomic mass is 9.99. The van der Waals surface area contributed by atoms with Gasteiger partial charge in [-0.2, -0.15) is 0 Å². The van der Waals surface area contributed by atoms with Crippen molar-refractivity contribution in [2.75, 3.05) is 13.1 Å². The molecule has 0 radical (unpaired) electrons. The van der Waals surface area contributed by atoms with Crippen LogP contribution in [0.15, 0.2) is 24.3 Å². The van der Waals surface area contributed by atoms with E-state index in [-0.39, 0.29) is 35.6 Å². The lowest BCUT2D eigenvalue weighted by molar-refractivity contribution is -0.135. The molecule has 0 aliphatic carbocycles. The van der Waals surface area contributed by atoms with Gasteiger partial charge in [0, 0.05) is 30.6 Å². The van der Waals surface area contributed by atoms with E-state index in [4.69, 9.17) is 0 Å². The number of carbonyl (C=O) groups excluding carboxylic acids is 3. The van der Waals surface area contributed by atoms with Gasteiger partial charge in [0.1, 0.15) is 6.04 Å². The van der Waals surface area contributed by atoms with Gasteiger partial charge in [-0.25, -0.2) is 0 Å². The van der Waals surface area contributed by atoms with Crippen molar-refractivity contribution in [3.8, 4) is 0 Å². The standard InChI is InChI=1S/C22H33N3O3/c1-14(2)19(24-20(26)17-8-6-16(5)7-9-17)21(27)23-18-10-12-25(13-11-18)22(28)15(3)4/h6-9,14-15,18-19H,10-13H2,1-5H3,(H,23,27)(H,24,26). The van der Waals surface area contributed by atoms with Crippen LogP contribution < -0.4 is 10.6 Å². The van der Waals surface area contributed by atoms with Gasteiger partial charge in [-0.15, -0.1) is 0 Å². The predicted octanol–water partition coefficient (Wildman–Crippen LogP) is 2.51. The zero-order valence-corrected chi connectivity index (χ0v) is 17.6. The molecular weight excluding hydrogens is 354 g/mol. The molecule has 1 heterocycles. The quantitative estimate of drug-likeness (QED) is 0.787. The molecule has 1 aromatic carbocycles. The minimum atomic E-state index is -0.593. The van der Waals surface area contributed by atoms with Crippen LogP contribution in [0.3, 0.4) is 0 Å². The zero-order valence-electron chi connectivity index (χ0n) is 17.6. The number of hydrogen-bond acceptors (Lipinski definition) is 3. The van der Waals surface area contributed by atoms with E-state index in [1.807, 2.05) is 51.7 Å². The molecule has 0 aromatic heterocycles. The van der Waals surface area contributed by atoms with Crippen molar-refractivity contribution in [3.63, 3.8) is 0 Å². The fraction of sp³-hybridized carbons (Fsp3) is 0.591. The molecule has 0 saturated carbocycles. The van der Waals surface area contributed by atoms with Gasteiger partial charge in [-0.05, 0) is 37.8 Å². The molecule has 6 nitrogen and oxygen atoms in total. The summed E-state index contributed by atoms with van der Waals surface area (Å²) in [7, 11) is 0. The average Bonchev–Trinajstić information content (AvgIpc) is 2.66. The zero-order chi connectivity index (χ0) is 20.8. The summed E-state index contributed by atoms with van der Waals surface area (Å²) in [4.78, 5) is 39.3. The molecule has 1 aliphatic heterocycles. The van der Waals surface area contributed by atoms with E-state index >= 15 is 0 Å². The van der Waals surface area contributed by atoms with E-state index in [1.54, 1.807) is 12.1 Å². The molecule has 1 aliphatic rings. The number of likely N-dealkylation sites (tertiary alicyclic amines) is 1. The first-order valence-electron chi connectivity index (χ1n) is 10.2. The van der Waals surface area contributed by atoms with Gasteiger partial charge >= 0.3 is 0 Å². The highest BCUT2D eigenvalue weighted by Gasteiger charge is 2.29. The summed E-state index contributed by atoms with van der Waals surface area (Å²) < 4.78 is 0. The molecule has 3 amide bonds. The van der Waals surface area contributed by atoms with Crippen molar-refractivity contribution in [2.45, 2.75) is 59.5 Å². The third kappa shape index (κ3) is 5.81. The maximum absolute atomic E-state index is 12.8. The van der Waals surface area contributed by atoms with Crippen LogP contribution in [0.4, 0.5) is 0 Å². The van der Waals surface area contributed by atoms with Crippen molar-refractivity contribution in [2.24, 2.45) is 11.8 Å².